The number of hydrogen-bond acceptors (Lipinski definition) is 6. The molecule has 1 aromatic heterocycles. The van der Waals surface area contributed by atoms with Gasteiger partial charge in [0.2, 0.25) is 0 Å². The molecule has 1 aromatic carbocycles. The second kappa shape index (κ2) is 7.08. The van der Waals surface area contributed by atoms with Crippen molar-refractivity contribution in [2.75, 3.05) is 11.9 Å². The molecule has 0 bridgehead atoms. The molecule has 0 spiro atoms. The van der Waals surface area contributed by atoms with E-state index in [0.29, 0.717) is 5.69 Å². The van der Waals surface area contributed by atoms with E-state index in [2.05, 4.69) is 15.7 Å². The van der Waals surface area contributed by atoms with Gasteiger partial charge in [-0.05, 0) is 31.2 Å². The Hall–Kier alpha value is -2.79. The predicted octanol–water partition coefficient (Wildman–Crippen LogP) is -0.125. The van der Waals surface area contributed by atoms with E-state index in [-0.39, 0.29) is 35.1 Å². The van der Waals surface area contributed by atoms with E-state index in [1.165, 1.54) is 35.9 Å². The Bertz CT molecular complexity index is 999. The fourth-order valence-corrected chi connectivity index (χ4v) is 4.12. The van der Waals surface area contributed by atoms with Crippen LogP contribution in [0.25, 0.3) is 5.69 Å². The van der Waals surface area contributed by atoms with Gasteiger partial charge in [-0.1, -0.05) is 0 Å². The van der Waals surface area contributed by atoms with Crippen LogP contribution in [0.1, 0.15) is 18.2 Å². The molecule has 0 radical (unpaired) electrons. The first kappa shape index (κ1) is 19.0. The molecule has 2 aromatic rings. The molecular weight excluding hydrogens is 379 g/mol. The maximum atomic E-state index is 13.2. The molecule has 0 saturated heterocycles. The minimum Gasteiger partial charge on any atom is -0.392 e. The highest BCUT2D eigenvalue weighted by molar-refractivity contribution is 7.90. The number of fused-ring (bicyclic) bond motifs is 1. The second-order valence-electron chi connectivity index (χ2n) is 6.21. The summed E-state index contributed by atoms with van der Waals surface area (Å²) < 4.78 is 38.2. The Kier molecular flexibility index (Phi) is 4.98. The smallest absolute Gasteiger partial charge is 0.314 e. The summed E-state index contributed by atoms with van der Waals surface area (Å²) >= 11 is 0. The highest BCUT2D eigenvalue weighted by Gasteiger charge is 2.33. The standard InChI is InChI=1S/C16H17FN4O5S/c1-9(22)6-18-15(23)16(24)19-14-12-7-27(25,26)8-13(12)20-21(14)11-4-2-10(17)3-5-11/h2-5,9,22H,6-8H2,1H3,(H,18,23)(H,19,24)/t9-/m1/s1. The van der Waals surface area contributed by atoms with Gasteiger partial charge in [-0.3, -0.25) is 9.59 Å². The lowest BCUT2D eigenvalue weighted by Crippen LogP contribution is -2.39. The second-order valence-corrected chi connectivity index (χ2v) is 8.27. The van der Waals surface area contributed by atoms with Crippen LogP contribution in [-0.4, -0.2) is 47.8 Å². The number of carbonyl (C=O) groups is 2. The first-order chi connectivity index (χ1) is 12.7. The van der Waals surface area contributed by atoms with Gasteiger partial charge < -0.3 is 15.7 Å². The third-order valence-corrected chi connectivity index (χ3v) is 5.30. The lowest BCUT2D eigenvalue weighted by atomic mass is 10.2. The Morgan fingerprint density at radius 1 is 1.26 bits per heavy atom. The van der Waals surface area contributed by atoms with Crippen LogP contribution in [0.15, 0.2) is 24.3 Å². The third kappa shape index (κ3) is 4.14. The molecule has 1 aliphatic heterocycles. The maximum Gasteiger partial charge on any atom is 0.314 e. The number of aromatic nitrogens is 2. The molecule has 2 amide bonds. The van der Waals surface area contributed by atoms with E-state index >= 15 is 0 Å². The number of hydrogen-bond donors (Lipinski definition) is 3. The van der Waals surface area contributed by atoms with Gasteiger partial charge in [-0.25, -0.2) is 17.5 Å². The van der Waals surface area contributed by atoms with E-state index in [1.54, 1.807) is 0 Å². The quantitative estimate of drug-likeness (QED) is 0.618. The van der Waals surface area contributed by atoms with Crippen LogP contribution in [0.3, 0.4) is 0 Å². The zero-order valence-electron chi connectivity index (χ0n) is 14.3. The third-order valence-electron chi connectivity index (χ3n) is 3.85. The summed E-state index contributed by atoms with van der Waals surface area (Å²) in [6.45, 7) is 1.33. The lowest BCUT2D eigenvalue weighted by Gasteiger charge is -2.11. The average molecular weight is 396 g/mol. The molecule has 1 atom stereocenters. The molecule has 3 N–H and O–H groups in total. The highest BCUT2D eigenvalue weighted by atomic mass is 32.2. The molecule has 144 valence electrons. The number of aliphatic hydroxyl groups excluding tert-OH is 1. The van der Waals surface area contributed by atoms with Crippen LogP contribution < -0.4 is 10.6 Å². The van der Waals surface area contributed by atoms with Crippen LogP contribution in [0.4, 0.5) is 10.2 Å². The normalized spacial score (nSPS) is 15.8. The number of sulfone groups is 1. The van der Waals surface area contributed by atoms with E-state index in [9.17, 15) is 27.5 Å². The Morgan fingerprint density at radius 3 is 2.56 bits per heavy atom. The zero-order valence-corrected chi connectivity index (χ0v) is 15.1. The number of benzene rings is 1. The molecule has 0 unspecified atom stereocenters. The molecule has 11 heteroatoms. The van der Waals surface area contributed by atoms with Gasteiger partial charge >= 0.3 is 11.8 Å². The van der Waals surface area contributed by atoms with E-state index < -0.39 is 33.6 Å². The van der Waals surface area contributed by atoms with Gasteiger partial charge in [0.15, 0.2) is 9.84 Å². The van der Waals surface area contributed by atoms with Crippen molar-refractivity contribution in [2.45, 2.75) is 24.5 Å². The summed E-state index contributed by atoms with van der Waals surface area (Å²) in [6, 6.07) is 5.21. The first-order valence-electron chi connectivity index (χ1n) is 8.00. The summed E-state index contributed by atoms with van der Waals surface area (Å²) in [7, 11) is -3.39. The highest BCUT2D eigenvalue weighted by Crippen LogP contribution is 2.32. The van der Waals surface area contributed by atoms with Gasteiger partial charge in [0.05, 0.1) is 29.0 Å². The van der Waals surface area contributed by atoms with Crippen molar-refractivity contribution in [3.8, 4) is 5.69 Å². The molecule has 3 rings (SSSR count). The first-order valence-corrected chi connectivity index (χ1v) is 9.83. The Balaban J connectivity index is 1.94. The van der Waals surface area contributed by atoms with Crippen molar-refractivity contribution >= 4 is 27.5 Å². The van der Waals surface area contributed by atoms with Gasteiger partial charge in [-0.2, -0.15) is 5.10 Å². The number of aliphatic hydroxyl groups is 1. The molecule has 27 heavy (non-hydrogen) atoms. The molecule has 0 aliphatic carbocycles. The number of nitrogens with zero attached hydrogens (tertiary/aromatic N) is 2. The summed E-state index contributed by atoms with van der Waals surface area (Å²) in [5.74, 6) is -3.07. The van der Waals surface area contributed by atoms with Crippen molar-refractivity contribution in [3.05, 3.63) is 41.3 Å². The van der Waals surface area contributed by atoms with Gasteiger partial charge in [0, 0.05) is 12.1 Å². The van der Waals surface area contributed by atoms with Gasteiger partial charge in [-0.15, -0.1) is 0 Å². The molecule has 9 nitrogen and oxygen atoms in total. The van der Waals surface area contributed by atoms with Crippen molar-refractivity contribution in [3.63, 3.8) is 0 Å². The molecule has 0 saturated carbocycles. The number of nitrogens with one attached hydrogen (secondary N) is 2. The maximum absolute atomic E-state index is 13.2. The van der Waals surface area contributed by atoms with Crippen LogP contribution >= 0.6 is 0 Å². The summed E-state index contributed by atoms with van der Waals surface area (Å²) in [6.07, 6.45) is -0.833. The van der Waals surface area contributed by atoms with Gasteiger partial charge in [0.1, 0.15) is 11.6 Å². The van der Waals surface area contributed by atoms with Crippen LogP contribution in [0.2, 0.25) is 0 Å². The summed E-state index contributed by atoms with van der Waals surface area (Å²) in [5, 5.41) is 18.0. The molecule has 2 heterocycles. The monoisotopic (exact) mass is 396 g/mol. The SMILES string of the molecule is C[C@@H](O)CNC(=O)C(=O)Nc1c2c(nn1-c1ccc(F)cc1)CS(=O)(=O)C2. The number of anilines is 1. The van der Waals surface area contributed by atoms with E-state index in [0.717, 1.165) is 0 Å². The summed E-state index contributed by atoms with van der Waals surface area (Å²) in [4.78, 5) is 24.0. The summed E-state index contributed by atoms with van der Waals surface area (Å²) in [5.41, 5.74) is 0.943. The minimum atomic E-state index is -3.39. The van der Waals surface area contributed by atoms with Crippen LogP contribution in [-0.2, 0) is 30.9 Å². The van der Waals surface area contributed by atoms with Crippen molar-refractivity contribution in [1.82, 2.24) is 15.1 Å². The Morgan fingerprint density at radius 2 is 1.93 bits per heavy atom. The predicted molar refractivity (Wildman–Crippen MR) is 93.2 cm³/mol. The van der Waals surface area contributed by atoms with Crippen molar-refractivity contribution in [2.24, 2.45) is 0 Å². The van der Waals surface area contributed by atoms with E-state index in [1.807, 2.05) is 0 Å². The fourth-order valence-electron chi connectivity index (χ4n) is 2.62. The number of halogens is 1. The lowest BCUT2D eigenvalue weighted by molar-refractivity contribution is -0.136. The van der Waals surface area contributed by atoms with Gasteiger partial charge in [0.25, 0.3) is 0 Å². The largest absolute Gasteiger partial charge is 0.392 e. The van der Waals surface area contributed by atoms with Crippen molar-refractivity contribution < 1.29 is 27.5 Å². The van der Waals surface area contributed by atoms with Crippen LogP contribution in [0, 0.1) is 5.82 Å². The molecule has 0 fully saturated rings. The number of amides is 2. The fraction of sp³-hybridized carbons (Fsp3) is 0.312. The minimum absolute atomic E-state index is 0.0369. The number of rotatable bonds is 4. The Labute approximate surface area is 154 Å². The zero-order chi connectivity index (χ0) is 19.8. The van der Waals surface area contributed by atoms with Crippen LogP contribution in [0.5, 0.6) is 0 Å². The topological polar surface area (TPSA) is 130 Å². The number of carbonyl (C=O) groups excluding carboxylic acids is 2. The molecular formula is C16H17FN4O5S. The van der Waals surface area contributed by atoms with Crippen molar-refractivity contribution in [1.29, 1.82) is 0 Å². The average Bonchev–Trinajstić information content (AvgIpc) is 3.06. The molecule has 1 aliphatic rings. The van der Waals surface area contributed by atoms with E-state index in [4.69, 9.17) is 0 Å².